The van der Waals surface area contributed by atoms with Crippen LogP contribution in [0.2, 0.25) is 10.0 Å². The summed E-state index contributed by atoms with van der Waals surface area (Å²) in [5.74, 6) is 1.07. The van der Waals surface area contributed by atoms with E-state index in [4.69, 9.17) is 37.8 Å². The highest BCUT2D eigenvalue weighted by atomic mass is 35.5. The van der Waals surface area contributed by atoms with E-state index < -0.39 is 12.5 Å². The first kappa shape index (κ1) is 24.9. The zero-order chi connectivity index (χ0) is 25.2. The molecule has 7 nitrogen and oxygen atoms in total. The van der Waals surface area contributed by atoms with Gasteiger partial charge in [0.1, 0.15) is 24.2 Å². The number of fused-ring (bicyclic) bond motifs is 3. The molecule has 188 valence electrons. The SMILES string of the molecule is OC[C@@H](O)COc1ccc([C@H]2c3[nH]c4ccc(Cl)cc4c3CCN2C(O)Oc2ccc(Cl)cc2)cc1. The standard InChI is InChI=1S/C27H26Cl2N2O5/c28-17-3-8-21(9-4-17)36-27(34)31-12-11-22-23-13-18(29)5-10-24(23)30-25(22)26(31)16-1-6-20(7-2-16)35-15-19(33)14-32/h1-10,13,19,26-27,30,32-34H,11-12,14-15H2/t19-,26+,27?/m1/s1. The molecule has 0 amide bonds. The number of hydrogen-bond acceptors (Lipinski definition) is 6. The van der Waals surface area contributed by atoms with Gasteiger partial charge >= 0.3 is 0 Å². The monoisotopic (exact) mass is 528 g/mol. The van der Waals surface area contributed by atoms with Gasteiger partial charge in [0.05, 0.1) is 12.6 Å². The van der Waals surface area contributed by atoms with E-state index >= 15 is 0 Å². The number of halogens is 2. The number of aromatic nitrogens is 1. The van der Waals surface area contributed by atoms with Crippen LogP contribution < -0.4 is 9.47 Å². The first-order chi connectivity index (χ1) is 17.4. The average molecular weight is 529 g/mol. The number of nitrogens with zero attached hydrogens (tertiary/aromatic N) is 1. The Labute approximate surface area is 218 Å². The fourth-order valence-electron chi connectivity index (χ4n) is 4.57. The van der Waals surface area contributed by atoms with Crippen molar-refractivity contribution in [2.45, 2.75) is 25.0 Å². The quantitative estimate of drug-likeness (QED) is 0.251. The first-order valence-electron chi connectivity index (χ1n) is 11.6. The molecule has 0 spiro atoms. The maximum Gasteiger partial charge on any atom is 0.260 e. The summed E-state index contributed by atoms with van der Waals surface area (Å²) in [6.45, 7) is 0.173. The Bertz CT molecular complexity index is 1330. The number of nitrogens with one attached hydrogen (secondary N) is 1. The molecule has 3 atom stereocenters. The molecule has 1 aromatic heterocycles. The molecule has 36 heavy (non-hydrogen) atoms. The van der Waals surface area contributed by atoms with Crippen molar-refractivity contribution >= 4 is 34.1 Å². The number of aliphatic hydroxyl groups is 3. The van der Waals surface area contributed by atoms with Gasteiger partial charge in [0.25, 0.3) is 6.41 Å². The van der Waals surface area contributed by atoms with E-state index in [0.29, 0.717) is 34.5 Å². The van der Waals surface area contributed by atoms with Crippen LogP contribution in [0.15, 0.2) is 66.7 Å². The van der Waals surface area contributed by atoms with Crippen LogP contribution in [-0.4, -0.2) is 57.5 Å². The van der Waals surface area contributed by atoms with Gasteiger partial charge < -0.3 is 29.8 Å². The van der Waals surface area contributed by atoms with Gasteiger partial charge in [-0.1, -0.05) is 35.3 Å². The molecule has 0 bridgehead atoms. The summed E-state index contributed by atoms with van der Waals surface area (Å²) >= 11 is 12.3. The summed E-state index contributed by atoms with van der Waals surface area (Å²) in [7, 11) is 0. The molecule has 0 saturated heterocycles. The number of hydrogen-bond donors (Lipinski definition) is 4. The average Bonchev–Trinajstić information content (AvgIpc) is 3.26. The molecule has 4 N–H and O–H groups in total. The minimum atomic E-state index is -1.21. The Hall–Kier alpha value is -2.78. The second-order valence-electron chi connectivity index (χ2n) is 8.71. The predicted molar refractivity (Wildman–Crippen MR) is 139 cm³/mol. The van der Waals surface area contributed by atoms with Gasteiger partial charge in [0, 0.05) is 33.2 Å². The van der Waals surface area contributed by atoms with Crippen molar-refractivity contribution in [3.05, 3.63) is 93.6 Å². The third-order valence-electron chi connectivity index (χ3n) is 6.31. The van der Waals surface area contributed by atoms with Gasteiger partial charge in [-0.05, 0) is 72.1 Å². The first-order valence-corrected chi connectivity index (χ1v) is 12.4. The van der Waals surface area contributed by atoms with Crippen molar-refractivity contribution in [3.63, 3.8) is 0 Å². The second-order valence-corrected chi connectivity index (χ2v) is 9.58. The number of H-pyrrole nitrogens is 1. The summed E-state index contributed by atoms with van der Waals surface area (Å²) in [4.78, 5) is 5.42. The Morgan fingerprint density at radius 2 is 1.64 bits per heavy atom. The normalized spacial score (nSPS) is 17.5. The number of aliphatic hydroxyl groups excluding tert-OH is 3. The molecule has 3 aromatic carbocycles. The van der Waals surface area contributed by atoms with E-state index in [1.54, 1.807) is 36.4 Å². The third-order valence-corrected chi connectivity index (χ3v) is 6.80. The lowest BCUT2D eigenvalue weighted by atomic mass is 9.92. The molecule has 0 radical (unpaired) electrons. The fraction of sp³-hybridized carbons (Fsp3) is 0.259. The van der Waals surface area contributed by atoms with Gasteiger partial charge in [-0.2, -0.15) is 0 Å². The van der Waals surface area contributed by atoms with Gasteiger partial charge in [-0.3, -0.25) is 0 Å². The molecule has 0 fully saturated rings. The molecular formula is C27H26Cl2N2O5. The molecule has 1 aliphatic heterocycles. The van der Waals surface area contributed by atoms with Crippen molar-refractivity contribution in [2.75, 3.05) is 19.8 Å². The molecular weight excluding hydrogens is 503 g/mol. The Balaban J connectivity index is 1.49. The number of aromatic amines is 1. The van der Waals surface area contributed by atoms with Gasteiger partial charge in [-0.25, -0.2) is 4.90 Å². The van der Waals surface area contributed by atoms with Crippen LogP contribution in [0.25, 0.3) is 10.9 Å². The summed E-state index contributed by atoms with van der Waals surface area (Å²) < 4.78 is 11.4. The highest BCUT2D eigenvalue weighted by molar-refractivity contribution is 6.31. The zero-order valence-corrected chi connectivity index (χ0v) is 20.8. The van der Waals surface area contributed by atoms with Gasteiger partial charge in [0.2, 0.25) is 0 Å². The Kier molecular flexibility index (Phi) is 7.39. The van der Waals surface area contributed by atoms with E-state index in [1.165, 1.54) is 0 Å². The van der Waals surface area contributed by atoms with Gasteiger partial charge in [-0.15, -0.1) is 0 Å². The largest absolute Gasteiger partial charge is 0.491 e. The van der Waals surface area contributed by atoms with E-state index in [2.05, 4.69) is 4.98 Å². The second kappa shape index (κ2) is 10.7. The molecule has 2 heterocycles. The molecule has 5 rings (SSSR count). The summed E-state index contributed by atoms with van der Waals surface area (Å²) in [5, 5.41) is 32.0. The zero-order valence-electron chi connectivity index (χ0n) is 19.3. The maximum atomic E-state index is 11.2. The molecule has 0 saturated carbocycles. The molecule has 0 aliphatic carbocycles. The number of rotatable bonds is 8. The predicted octanol–water partition coefficient (Wildman–Crippen LogP) is 4.51. The lowest BCUT2D eigenvalue weighted by molar-refractivity contribution is -0.150. The maximum absolute atomic E-state index is 11.2. The summed E-state index contributed by atoms with van der Waals surface area (Å²) in [6, 6.07) is 19.7. The third kappa shape index (κ3) is 5.18. The van der Waals surface area contributed by atoms with Crippen LogP contribution in [0.1, 0.15) is 22.9 Å². The summed E-state index contributed by atoms with van der Waals surface area (Å²) in [6.07, 6.45) is -1.46. The van der Waals surface area contributed by atoms with Crippen molar-refractivity contribution in [1.29, 1.82) is 0 Å². The smallest absolute Gasteiger partial charge is 0.260 e. The van der Waals surface area contributed by atoms with Crippen LogP contribution in [0, 0.1) is 0 Å². The van der Waals surface area contributed by atoms with Crippen molar-refractivity contribution in [2.24, 2.45) is 0 Å². The highest BCUT2D eigenvalue weighted by Crippen LogP contribution is 2.40. The lowest BCUT2D eigenvalue weighted by Crippen LogP contribution is -2.46. The topological polar surface area (TPSA) is 98.2 Å². The minimum absolute atomic E-state index is 0.00796. The lowest BCUT2D eigenvalue weighted by Gasteiger charge is -2.38. The number of ether oxygens (including phenoxy) is 2. The Morgan fingerprint density at radius 1 is 0.944 bits per heavy atom. The van der Waals surface area contributed by atoms with Crippen molar-refractivity contribution < 1.29 is 24.8 Å². The van der Waals surface area contributed by atoms with Crippen LogP contribution in [0.3, 0.4) is 0 Å². The van der Waals surface area contributed by atoms with Gasteiger partial charge in [0.15, 0.2) is 0 Å². The molecule has 1 aliphatic rings. The highest BCUT2D eigenvalue weighted by Gasteiger charge is 2.36. The van der Waals surface area contributed by atoms with Crippen LogP contribution in [-0.2, 0) is 6.42 Å². The van der Waals surface area contributed by atoms with Crippen molar-refractivity contribution in [3.8, 4) is 11.5 Å². The van der Waals surface area contributed by atoms with E-state index in [1.807, 2.05) is 35.2 Å². The number of benzene rings is 3. The minimum Gasteiger partial charge on any atom is -0.491 e. The van der Waals surface area contributed by atoms with E-state index in [0.717, 1.165) is 27.7 Å². The Morgan fingerprint density at radius 3 is 2.36 bits per heavy atom. The van der Waals surface area contributed by atoms with Crippen LogP contribution >= 0.6 is 23.2 Å². The molecule has 4 aromatic rings. The fourth-order valence-corrected chi connectivity index (χ4v) is 4.87. The van der Waals surface area contributed by atoms with Crippen molar-refractivity contribution in [1.82, 2.24) is 9.88 Å². The van der Waals surface area contributed by atoms with E-state index in [9.17, 15) is 10.2 Å². The van der Waals surface area contributed by atoms with Crippen LogP contribution in [0.4, 0.5) is 0 Å². The summed E-state index contributed by atoms with van der Waals surface area (Å²) in [5.41, 5.74) is 4.00. The van der Waals surface area contributed by atoms with Crippen LogP contribution in [0.5, 0.6) is 11.5 Å². The molecule has 1 unspecified atom stereocenters. The molecule has 9 heteroatoms. The van der Waals surface area contributed by atoms with E-state index in [-0.39, 0.29) is 19.3 Å².